The zero-order chi connectivity index (χ0) is 17.8. The number of hydrogen-bond acceptors (Lipinski definition) is 4. The summed E-state index contributed by atoms with van der Waals surface area (Å²) in [5.41, 5.74) is 5.34. The summed E-state index contributed by atoms with van der Waals surface area (Å²) in [6, 6.07) is 9.38. The number of anilines is 1. The van der Waals surface area contributed by atoms with Crippen LogP contribution in [0.15, 0.2) is 30.5 Å². The maximum Gasteiger partial charge on any atom is 0.0731 e. The molecule has 0 amide bonds. The van der Waals surface area contributed by atoms with Crippen molar-refractivity contribution in [2.45, 2.75) is 38.8 Å². The summed E-state index contributed by atoms with van der Waals surface area (Å²) >= 11 is 0. The van der Waals surface area contributed by atoms with Gasteiger partial charge >= 0.3 is 0 Å². The van der Waals surface area contributed by atoms with Crippen molar-refractivity contribution in [1.82, 2.24) is 15.1 Å². The molecule has 1 atom stereocenters. The second-order valence-electron chi connectivity index (χ2n) is 7.03. The fourth-order valence-corrected chi connectivity index (χ4v) is 3.76. The first kappa shape index (κ1) is 18.0. The summed E-state index contributed by atoms with van der Waals surface area (Å²) in [4.78, 5) is 2.52. The lowest BCUT2D eigenvalue weighted by Gasteiger charge is -2.36. The Morgan fingerprint density at radius 3 is 2.64 bits per heavy atom. The van der Waals surface area contributed by atoms with E-state index >= 15 is 0 Å². The molecular weight excluding hydrogens is 312 g/mol. The lowest BCUT2D eigenvalue weighted by molar-refractivity contribution is 0.154. The maximum atomic E-state index is 5.43. The van der Waals surface area contributed by atoms with E-state index in [9.17, 15) is 0 Å². The Balaban J connectivity index is 1.62. The number of piperidine rings is 1. The molecule has 1 aromatic carbocycles. The zero-order valence-electron chi connectivity index (χ0n) is 15.8. The molecule has 1 saturated heterocycles. The molecule has 1 aliphatic rings. The summed E-state index contributed by atoms with van der Waals surface area (Å²) in [5, 5.41) is 8.08. The average Bonchev–Trinajstić information content (AvgIpc) is 3.04. The van der Waals surface area contributed by atoms with Crippen molar-refractivity contribution in [1.29, 1.82) is 0 Å². The highest BCUT2D eigenvalue weighted by atomic mass is 16.5. The van der Waals surface area contributed by atoms with Crippen LogP contribution < -0.4 is 10.2 Å². The van der Waals surface area contributed by atoms with Gasteiger partial charge in [-0.2, -0.15) is 5.10 Å². The van der Waals surface area contributed by atoms with Gasteiger partial charge in [0, 0.05) is 45.2 Å². The van der Waals surface area contributed by atoms with E-state index in [1.807, 2.05) is 17.9 Å². The number of aromatic nitrogens is 2. The number of nitrogens with zero attached hydrogens (tertiary/aromatic N) is 3. The molecule has 0 spiro atoms. The van der Waals surface area contributed by atoms with Crippen LogP contribution >= 0.6 is 0 Å². The number of benzene rings is 1. The highest BCUT2D eigenvalue weighted by Crippen LogP contribution is 2.26. The summed E-state index contributed by atoms with van der Waals surface area (Å²) < 4.78 is 7.36. The van der Waals surface area contributed by atoms with Gasteiger partial charge in [0.2, 0.25) is 0 Å². The molecule has 1 aromatic heterocycles. The first-order valence-corrected chi connectivity index (χ1v) is 9.14. The van der Waals surface area contributed by atoms with Gasteiger partial charge < -0.3 is 15.0 Å². The van der Waals surface area contributed by atoms with E-state index in [0.717, 1.165) is 25.9 Å². The van der Waals surface area contributed by atoms with Crippen LogP contribution in [-0.2, 0) is 11.8 Å². The lowest BCUT2D eigenvalue weighted by atomic mass is 10.0. The van der Waals surface area contributed by atoms with Crippen LogP contribution in [0.1, 0.15) is 35.7 Å². The van der Waals surface area contributed by atoms with Crippen LogP contribution in [0.3, 0.4) is 0 Å². The molecule has 1 aliphatic heterocycles. The van der Waals surface area contributed by atoms with Crippen molar-refractivity contribution in [3.63, 3.8) is 0 Å². The smallest absolute Gasteiger partial charge is 0.0731 e. The highest BCUT2D eigenvalue weighted by molar-refractivity contribution is 5.56. The molecule has 25 heavy (non-hydrogen) atoms. The first-order chi connectivity index (χ1) is 12.1. The van der Waals surface area contributed by atoms with Gasteiger partial charge in [-0.1, -0.05) is 12.1 Å². The first-order valence-electron chi connectivity index (χ1n) is 9.14. The Kier molecular flexibility index (Phi) is 5.76. The van der Waals surface area contributed by atoms with Crippen molar-refractivity contribution >= 4 is 5.69 Å². The number of hydrogen-bond donors (Lipinski definition) is 1. The number of rotatable bonds is 6. The Bertz CT molecular complexity index is 689. The predicted molar refractivity (Wildman–Crippen MR) is 102 cm³/mol. The summed E-state index contributed by atoms with van der Waals surface area (Å²) in [6.45, 7) is 7.26. The minimum absolute atomic E-state index is 0.190. The standard InChI is InChI=1S/C20H30N4O/c1-15-6-5-7-19(16(15)2)24-12-9-17(10-13-24)22-18(14-25-4)20-8-11-21-23(20)3/h5-8,11,17-18,22H,9-10,12-14H2,1-4H3/t18-/m0/s1. The van der Waals surface area contributed by atoms with Crippen molar-refractivity contribution in [3.8, 4) is 0 Å². The van der Waals surface area contributed by atoms with Crippen LogP contribution in [0.25, 0.3) is 0 Å². The fourth-order valence-electron chi connectivity index (χ4n) is 3.76. The molecule has 0 bridgehead atoms. The minimum Gasteiger partial charge on any atom is -0.383 e. The van der Waals surface area contributed by atoms with Gasteiger partial charge in [0.25, 0.3) is 0 Å². The van der Waals surface area contributed by atoms with Gasteiger partial charge in [-0.05, 0) is 49.9 Å². The molecular formula is C20H30N4O. The molecule has 0 unspecified atom stereocenters. The summed E-state index contributed by atoms with van der Waals surface area (Å²) in [7, 11) is 3.75. The Morgan fingerprint density at radius 2 is 2.00 bits per heavy atom. The molecule has 0 radical (unpaired) electrons. The SMILES string of the molecule is COC[C@H](NC1CCN(c2cccc(C)c2C)CC1)c1ccnn1C. The average molecular weight is 342 g/mol. The summed E-state index contributed by atoms with van der Waals surface area (Å²) in [6.07, 6.45) is 4.14. The molecule has 1 fully saturated rings. The summed E-state index contributed by atoms with van der Waals surface area (Å²) in [5.74, 6) is 0. The van der Waals surface area contributed by atoms with Gasteiger partial charge in [-0.25, -0.2) is 0 Å². The quantitative estimate of drug-likeness (QED) is 0.876. The Morgan fingerprint density at radius 1 is 1.24 bits per heavy atom. The van der Waals surface area contributed by atoms with Crippen molar-refractivity contribution in [2.24, 2.45) is 7.05 Å². The maximum absolute atomic E-state index is 5.43. The number of ether oxygens (including phenoxy) is 1. The van der Waals surface area contributed by atoms with E-state index in [1.165, 1.54) is 22.5 Å². The molecule has 0 saturated carbocycles. The molecule has 5 heteroatoms. The Hall–Kier alpha value is -1.85. The van der Waals surface area contributed by atoms with Crippen molar-refractivity contribution in [2.75, 3.05) is 31.7 Å². The number of methoxy groups -OCH3 is 1. The van der Waals surface area contributed by atoms with Crippen LogP contribution in [0.4, 0.5) is 5.69 Å². The number of aryl methyl sites for hydroxylation is 2. The van der Waals surface area contributed by atoms with Gasteiger partial charge in [0.15, 0.2) is 0 Å². The number of nitrogens with one attached hydrogen (secondary N) is 1. The van der Waals surface area contributed by atoms with E-state index in [4.69, 9.17) is 4.74 Å². The Labute approximate surface area is 151 Å². The second kappa shape index (κ2) is 8.02. The molecule has 2 heterocycles. The van der Waals surface area contributed by atoms with Gasteiger partial charge in [0.1, 0.15) is 0 Å². The topological polar surface area (TPSA) is 42.3 Å². The normalized spacial score (nSPS) is 17.0. The molecule has 0 aliphatic carbocycles. The third kappa shape index (κ3) is 4.05. The minimum atomic E-state index is 0.190. The monoisotopic (exact) mass is 342 g/mol. The van der Waals surface area contributed by atoms with Gasteiger partial charge in [-0.15, -0.1) is 0 Å². The van der Waals surface area contributed by atoms with Crippen LogP contribution in [-0.4, -0.2) is 42.6 Å². The lowest BCUT2D eigenvalue weighted by Crippen LogP contribution is -2.45. The molecule has 3 rings (SSSR count). The highest BCUT2D eigenvalue weighted by Gasteiger charge is 2.24. The molecule has 5 nitrogen and oxygen atoms in total. The van der Waals surface area contributed by atoms with E-state index in [0.29, 0.717) is 12.6 Å². The predicted octanol–water partition coefficient (Wildman–Crippen LogP) is 2.98. The van der Waals surface area contributed by atoms with E-state index in [1.54, 1.807) is 7.11 Å². The van der Waals surface area contributed by atoms with E-state index in [2.05, 4.69) is 53.4 Å². The van der Waals surface area contributed by atoms with Gasteiger partial charge in [-0.3, -0.25) is 4.68 Å². The third-order valence-corrected chi connectivity index (χ3v) is 5.40. The molecule has 2 aromatic rings. The molecule has 1 N–H and O–H groups in total. The van der Waals surface area contributed by atoms with Crippen molar-refractivity contribution < 1.29 is 4.74 Å². The van der Waals surface area contributed by atoms with E-state index in [-0.39, 0.29) is 6.04 Å². The van der Waals surface area contributed by atoms with Gasteiger partial charge in [0.05, 0.1) is 18.3 Å². The largest absolute Gasteiger partial charge is 0.383 e. The van der Waals surface area contributed by atoms with E-state index < -0.39 is 0 Å². The van der Waals surface area contributed by atoms with Crippen molar-refractivity contribution in [3.05, 3.63) is 47.3 Å². The zero-order valence-corrected chi connectivity index (χ0v) is 15.8. The van der Waals surface area contributed by atoms with Crippen LogP contribution in [0, 0.1) is 13.8 Å². The third-order valence-electron chi connectivity index (χ3n) is 5.40. The van der Waals surface area contributed by atoms with Crippen LogP contribution in [0.5, 0.6) is 0 Å². The second-order valence-corrected chi connectivity index (χ2v) is 7.03. The fraction of sp³-hybridized carbons (Fsp3) is 0.550. The molecule has 136 valence electrons. The van der Waals surface area contributed by atoms with Crippen LogP contribution in [0.2, 0.25) is 0 Å².